The van der Waals surface area contributed by atoms with Gasteiger partial charge in [0.25, 0.3) is 0 Å². The highest BCUT2D eigenvalue weighted by Gasteiger charge is 2.13. The first-order valence-electron chi connectivity index (χ1n) is 9.21. The normalized spacial score (nSPS) is 11.1. The van der Waals surface area contributed by atoms with Crippen molar-refractivity contribution in [1.82, 2.24) is 0 Å². The van der Waals surface area contributed by atoms with E-state index in [-0.39, 0.29) is 0 Å². The SMILES string of the molecule is CCOc1cc(/C=C(/C#N)c2cccc(F)c2)cc(Cl)c1OCc1ccc(Cl)cc1. The summed E-state index contributed by atoms with van der Waals surface area (Å²) in [6, 6.07) is 18.7. The van der Waals surface area contributed by atoms with Crippen molar-refractivity contribution in [2.45, 2.75) is 13.5 Å². The van der Waals surface area contributed by atoms with Gasteiger partial charge in [0.1, 0.15) is 12.4 Å². The molecule has 0 spiro atoms. The summed E-state index contributed by atoms with van der Waals surface area (Å²) in [5.74, 6) is 0.462. The highest BCUT2D eigenvalue weighted by atomic mass is 35.5. The second-order valence-electron chi connectivity index (χ2n) is 6.36. The molecule has 0 radical (unpaired) electrons. The monoisotopic (exact) mass is 441 g/mol. The summed E-state index contributed by atoms with van der Waals surface area (Å²) >= 11 is 12.4. The van der Waals surface area contributed by atoms with E-state index in [1.54, 1.807) is 42.5 Å². The van der Waals surface area contributed by atoms with Crippen LogP contribution in [0.25, 0.3) is 11.6 Å². The van der Waals surface area contributed by atoms with Crippen LogP contribution in [0.5, 0.6) is 11.5 Å². The van der Waals surface area contributed by atoms with Gasteiger partial charge in [0.15, 0.2) is 11.5 Å². The van der Waals surface area contributed by atoms with Gasteiger partial charge in [0.2, 0.25) is 0 Å². The molecule has 0 saturated carbocycles. The van der Waals surface area contributed by atoms with Crippen LogP contribution in [0.1, 0.15) is 23.6 Å². The highest BCUT2D eigenvalue weighted by molar-refractivity contribution is 6.32. The predicted molar refractivity (Wildman–Crippen MR) is 118 cm³/mol. The van der Waals surface area contributed by atoms with E-state index < -0.39 is 5.82 Å². The third-order valence-corrected chi connectivity index (χ3v) is 4.73. The Morgan fingerprint density at radius 1 is 1.07 bits per heavy atom. The van der Waals surface area contributed by atoms with Crippen LogP contribution in [0.2, 0.25) is 10.0 Å². The van der Waals surface area contributed by atoms with Gasteiger partial charge in [-0.05, 0) is 66.1 Å². The van der Waals surface area contributed by atoms with Crippen LogP contribution < -0.4 is 9.47 Å². The lowest BCUT2D eigenvalue weighted by Gasteiger charge is -2.15. The molecule has 0 atom stereocenters. The van der Waals surface area contributed by atoms with E-state index in [1.165, 1.54) is 12.1 Å². The first-order valence-corrected chi connectivity index (χ1v) is 9.97. The van der Waals surface area contributed by atoms with Gasteiger partial charge >= 0.3 is 0 Å². The third-order valence-electron chi connectivity index (χ3n) is 4.20. The molecule has 0 bridgehead atoms. The second kappa shape index (κ2) is 10.2. The molecular weight excluding hydrogens is 424 g/mol. The summed E-state index contributed by atoms with van der Waals surface area (Å²) in [6.07, 6.45) is 1.63. The average molecular weight is 442 g/mol. The summed E-state index contributed by atoms with van der Waals surface area (Å²) in [5, 5.41) is 10.5. The van der Waals surface area contributed by atoms with E-state index in [1.807, 2.05) is 19.1 Å². The summed E-state index contributed by atoms with van der Waals surface area (Å²) in [6.45, 7) is 2.56. The molecule has 0 N–H and O–H groups in total. The minimum Gasteiger partial charge on any atom is -0.490 e. The van der Waals surface area contributed by atoms with Gasteiger partial charge in [-0.3, -0.25) is 0 Å². The van der Waals surface area contributed by atoms with Gasteiger partial charge in [-0.2, -0.15) is 5.26 Å². The smallest absolute Gasteiger partial charge is 0.180 e. The van der Waals surface area contributed by atoms with Crippen LogP contribution in [-0.2, 0) is 6.61 Å². The molecule has 0 aliphatic heterocycles. The van der Waals surface area contributed by atoms with E-state index in [0.29, 0.717) is 51.5 Å². The number of rotatable bonds is 7. The number of benzene rings is 3. The number of hydrogen-bond donors (Lipinski definition) is 0. The molecule has 0 unspecified atom stereocenters. The molecule has 3 rings (SSSR count). The molecule has 30 heavy (non-hydrogen) atoms. The lowest BCUT2D eigenvalue weighted by molar-refractivity contribution is 0.269. The van der Waals surface area contributed by atoms with Crippen molar-refractivity contribution in [2.75, 3.05) is 6.61 Å². The Morgan fingerprint density at radius 3 is 2.50 bits per heavy atom. The molecule has 6 heteroatoms. The maximum absolute atomic E-state index is 13.5. The molecule has 0 aliphatic rings. The van der Waals surface area contributed by atoms with Gasteiger partial charge in [-0.1, -0.05) is 47.5 Å². The van der Waals surface area contributed by atoms with E-state index in [9.17, 15) is 9.65 Å². The van der Waals surface area contributed by atoms with Crippen LogP contribution in [0.4, 0.5) is 4.39 Å². The Hall–Kier alpha value is -3.00. The van der Waals surface area contributed by atoms with Crippen LogP contribution in [0.15, 0.2) is 60.7 Å². The Balaban J connectivity index is 1.92. The maximum atomic E-state index is 13.5. The molecular formula is C24H18Cl2FNO2. The number of nitriles is 1. The topological polar surface area (TPSA) is 42.2 Å². The van der Waals surface area contributed by atoms with Crippen molar-refractivity contribution in [3.05, 3.63) is 93.2 Å². The number of halogens is 3. The van der Waals surface area contributed by atoms with Gasteiger partial charge in [-0.15, -0.1) is 0 Å². The molecule has 0 aromatic heterocycles. The Labute approximate surface area is 184 Å². The number of hydrogen-bond acceptors (Lipinski definition) is 3. The van der Waals surface area contributed by atoms with Crippen LogP contribution in [-0.4, -0.2) is 6.61 Å². The quantitative estimate of drug-likeness (QED) is 0.288. The van der Waals surface area contributed by atoms with Crippen LogP contribution in [0, 0.1) is 17.1 Å². The lowest BCUT2D eigenvalue weighted by Crippen LogP contribution is -2.01. The molecule has 3 nitrogen and oxygen atoms in total. The first kappa shape index (κ1) is 21.7. The molecule has 152 valence electrons. The molecule has 0 aliphatic carbocycles. The fourth-order valence-corrected chi connectivity index (χ4v) is 3.21. The molecule has 3 aromatic rings. The van der Waals surface area contributed by atoms with E-state index in [0.717, 1.165) is 5.56 Å². The van der Waals surface area contributed by atoms with Crippen molar-refractivity contribution in [1.29, 1.82) is 5.26 Å². The Morgan fingerprint density at radius 2 is 1.83 bits per heavy atom. The van der Waals surface area contributed by atoms with Gasteiger partial charge in [-0.25, -0.2) is 4.39 Å². The fourth-order valence-electron chi connectivity index (χ4n) is 2.81. The van der Waals surface area contributed by atoms with Gasteiger partial charge < -0.3 is 9.47 Å². The minimum absolute atomic E-state index is 0.291. The summed E-state index contributed by atoms with van der Waals surface area (Å²) in [4.78, 5) is 0. The summed E-state index contributed by atoms with van der Waals surface area (Å²) < 4.78 is 25.1. The third kappa shape index (κ3) is 5.54. The Bertz CT molecular complexity index is 1110. The Kier molecular flexibility index (Phi) is 7.35. The van der Waals surface area contributed by atoms with Crippen molar-refractivity contribution >= 4 is 34.9 Å². The molecule has 0 fully saturated rings. The highest BCUT2D eigenvalue weighted by Crippen LogP contribution is 2.38. The van der Waals surface area contributed by atoms with Crippen molar-refractivity contribution in [2.24, 2.45) is 0 Å². The largest absolute Gasteiger partial charge is 0.490 e. The van der Waals surface area contributed by atoms with Crippen molar-refractivity contribution < 1.29 is 13.9 Å². The van der Waals surface area contributed by atoms with Gasteiger partial charge in [0, 0.05) is 5.02 Å². The minimum atomic E-state index is -0.410. The number of nitrogens with zero attached hydrogens (tertiary/aromatic N) is 1. The van der Waals surface area contributed by atoms with E-state index in [2.05, 4.69) is 6.07 Å². The lowest BCUT2D eigenvalue weighted by atomic mass is 10.0. The predicted octanol–water partition coefficient (Wildman–Crippen LogP) is 7.17. The standard InChI is InChI=1S/C24H18Cl2FNO2/c1-2-29-23-12-17(10-19(14-28)18-4-3-5-21(27)13-18)11-22(26)24(23)30-15-16-6-8-20(25)9-7-16/h3-13H,2,15H2,1H3/b19-10-. The van der Waals surface area contributed by atoms with Crippen molar-refractivity contribution in [3.8, 4) is 17.6 Å². The summed E-state index contributed by atoms with van der Waals surface area (Å²) in [7, 11) is 0. The fraction of sp³-hybridized carbons (Fsp3) is 0.125. The zero-order valence-corrected chi connectivity index (χ0v) is 17.7. The van der Waals surface area contributed by atoms with Crippen LogP contribution >= 0.6 is 23.2 Å². The van der Waals surface area contributed by atoms with Crippen LogP contribution in [0.3, 0.4) is 0 Å². The zero-order chi connectivity index (χ0) is 21.5. The first-order chi connectivity index (χ1) is 14.5. The zero-order valence-electron chi connectivity index (χ0n) is 16.2. The van der Waals surface area contributed by atoms with Gasteiger partial charge in [0.05, 0.1) is 23.3 Å². The molecule has 0 amide bonds. The van der Waals surface area contributed by atoms with E-state index >= 15 is 0 Å². The summed E-state index contributed by atoms with van der Waals surface area (Å²) in [5.41, 5.74) is 2.36. The number of allylic oxidation sites excluding steroid dienone is 1. The molecule has 0 heterocycles. The van der Waals surface area contributed by atoms with E-state index in [4.69, 9.17) is 32.7 Å². The maximum Gasteiger partial charge on any atom is 0.180 e. The molecule has 3 aromatic carbocycles. The van der Waals surface area contributed by atoms with Crippen molar-refractivity contribution in [3.63, 3.8) is 0 Å². The molecule has 0 saturated heterocycles. The number of ether oxygens (including phenoxy) is 2. The second-order valence-corrected chi connectivity index (χ2v) is 7.20. The average Bonchev–Trinajstić information content (AvgIpc) is 2.73.